The lowest BCUT2D eigenvalue weighted by atomic mass is 11.0. The molecule has 0 aromatic heterocycles. The summed E-state index contributed by atoms with van der Waals surface area (Å²) in [4.78, 5) is 0. The van der Waals surface area contributed by atoms with Crippen molar-refractivity contribution >= 4 is 12.0 Å². The van der Waals surface area contributed by atoms with Crippen molar-refractivity contribution in [1.29, 1.82) is 0 Å². The van der Waals surface area contributed by atoms with E-state index in [1.807, 2.05) is 6.92 Å². The Hall–Kier alpha value is 0.230. The van der Waals surface area contributed by atoms with Crippen LogP contribution in [0.1, 0.15) is 6.92 Å². The molecular formula is C2H5O3S-. The van der Waals surface area contributed by atoms with Gasteiger partial charge in [-0.2, -0.15) is 4.33 Å². The summed E-state index contributed by atoms with van der Waals surface area (Å²) in [6.07, 6.45) is 0. The smallest absolute Gasteiger partial charge is 0.0302 e. The molecule has 0 saturated heterocycles. The fraction of sp³-hybridized carbons (Fsp3) is 1.00. The second-order valence-corrected chi connectivity index (χ2v) is 1.49. The maximum atomic E-state index is 8.95. The zero-order valence-corrected chi connectivity index (χ0v) is 4.16. The third-order valence-corrected chi connectivity index (χ3v) is 0.581. The average Bonchev–Trinajstić information content (AvgIpc) is 1.61. The van der Waals surface area contributed by atoms with E-state index in [9.17, 15) is 0 Å². The van der Waals surface area contributed by atoms with Gasteiger partial charge in [-0.15, -0.1) is 0 Å². The highest BCUT2D eigenvalue weighted by atomic mass is 32.2. The summed E-state index contributed by atoms with van der Waals surface area (Å²) in [6.45, 7) is 1.85. The highest BCUT2D eigenvalue weighted by Gasteiger charge is 1.72. The van der Waals surface area contributed by atoms with Gasteiger partial charge < -0.3 is 5.26 Å². The summed E-state index contributed by atoms with van der Waals surface area (Å²) < 4.78 is 3.84. The Morgan fingerprint density at radius 1 is 1.83 bits per heavy atom. The van der Waals surface area contributed by atoms with Crippen molar-refractivity contribution in [2.24, 2.45) is 0 Å². The first kappa shape index (κ1) is 6.23. The minimum atomic E-state index is 0.724. The zero-order chi connectivity index (χ0) is 4.83. The molecule has 0 fully saturated rings. The Morgan fingerprint density at radius 3 is 2.67 bits per heavy atom. The van der Waals surface area contributed by atoms with E-state index in [0.29, 0.717) is 0 Å². The van der Waals surface area contributed by atoms with Crippen molar-refractivity contribution in [2.45, 2.75) is 6.92 Å². The molecule has 0 bridgehead atoms. The molecule has 3 nitrogen and oxygen atoms in total. The summed E-state index contributed by atoms with van der Waals surface area (Å²) in [5.41, 5.74) is 0. The highest BCUT2D eigenvalue weighted by molar-refractivity contribution is 7.94. The van der Waals surface area contributed by atoms with E-state index in [0.717, 1.165) is 17.8 Å². The molecule has 0 aromatic rings. The number of hydrogen-bond acceptors (Lipinski definition) is 4. The van der Waals surface area contributed by atoms with Crippen LogP contribution in [0.3, 0.4) is 0 Å². The van der Waals surface area contributed by atoms with Gasteiger partial charge in [-0.05, 0) is 0 Å². The van der Waals surface area contributed by atoms with Crippen LogP contribution in [0.2, 0.25) is 0 Å². The van der Waals surface area contributed by atoms with Crippen molar-refractivity contribution in [3.63, 3.8) is 0 Å². The molecule has 0 N–H and O–H groups in total. The van der Waals surface area contributed by atoms with Crippen LogP contribution < -0.4 is 5.26 Å². The minimum absolute atomic E-state index is 0.724. The van der Waals surface area contributed by atoms with Gasteiger partial charge in [0.25, 0.3) is 0 Å². The van der Waals surface area contributed by atoms with Crippen LogP contribution in [0.15, 0.2) is 0 Å². The summed E-state index contributed by atoms with van der Waals surface area (Å²) in [7, 11) is 0. The largest absolute Gasteiger partial charge is 0.691 e. The standard InChI is InChI=1S/C2H6O3S/c1-2-6-5-4-3/h3H,2H2,1H3/p-1. The van der Waals surface area contributed by atoms with E-state index >= 15 is 0 Å². The molecule has 0 amide bonds. The zero-order valence-electron chi connectivity index (χ0n) is 3.34. The second kappa shape index (κ2) is 5.23. The summed E-state index contributed by atoms with van der Waals surface area (Å²) >= 11 is 0.973. The Balaban J connectivity index is 2.34. The lowest BCUT2D eigenvalue weighted by molar-refractivity contribution is -0.777. The normalized spacial score (nSPS) is 9.00. The van der Waals surface area contributed by atoms with Gasteiger partial charge in [0.2, 0.25) is 0 Å². The minimum Gasteiger partial charge on any atom is -0.691 e. The number of hydrogen-bond donors (Lipinski definition) is 0. The van der Waals surface area contributed by atoms with Crippen LogP contribution in [-0.4, -0.2) is 5.75 Å². The molecule has 0 unspecified atom stereocenters. The maximum absolute atomic E-state index is 8.95. The summed E-state index contributed by atoms with van der Waals surface area (Å²) in [5.74, 6) is 0.724. The van der Waals surface area contributed by atoms with Crippen LogP contribution in [0.25, 0.3) is 0 Å². The van der Waals surface area contributed by atoms with Crippen LogP contribution in [-0.2, 0) is 9.37 Å². The summed E-state index contributed by atoms with van der Waals surface area (Å²) in [6, 6.07) is 0. The molecule has 0 aromatic carbocycles. The fourth-order valence-electron chi connectivity index (χ4n) is 0.0678. The van der Waals surface area contributed by atoms with Crippen LogP contribution in [0, 0.1) is 0 Å². The average molecular weight is 109 g/mol. The molecule has 0 aliphatic rings. The van der Waals surface area contributed by atoms with Gasteiger partial charge in [0.1, 0.15) is 0 Å². The molecule has 0 rings (SSSR count). The van der Waals surface area contributed by atoms with Crippen molar-refractivity contribution < 1.29 is 14.6 Å². The first-order valence-electron chi connectivity index (χ1n) is 1.50. The molecule has 6 heavy (non-hydrogen) atoms. The predicted octanol–water partition coefficient (Wildman–Crippen LogP) is -0.122. The van der Waals surface area contributed by atoms with E-state index in [4.69, 9.17) is 5.26 Å². The Morgan fingerprint density at radius 2 is 2.50 bits per heavy atom. The van der Waals surface area contributed by atoms with E-state index < -0.39 is 0 Å². The Bertz CT molecular complexity index is 20.8. The lowest BCUT2D eigenvalue weighted by Crippen LogP contribution is -2.00. The maximum Gasteiger partial charge on any atom is 0.0302 e. The van der Waals surface area contributed by atoms with Crippen molar-refractivity contribution in [2.75, 3.05) is 5.75 Å². The quantitative estimate of drug-likeness (QED) is 0.219. The highest BCUT2D eigenvalue weighted by Crippen LogP contribution is 1.96. The van der Waals surface area contributed by atoms with Crippen molar-refractivity contribution in [3.8, 4) is 0 Å². The monoisotopic (exact) mass is 109 g/mol. The van der Waals surface area contributed by atoms with Crippen molar-refractivity contribution in [1.82, 2.24) is 0 Å². The molecule has 0 aliphatic heterocycles. The molecular weight excluding hydrogens is 104 g/mol. The second-order valence-electron chi connectivity index (χ2n) is 0.543. The third-order valence-electron chi connectivity index (χ3n) is 0.194. The van der Waals surface area contributed by atoms with E-state index in [1.165, 1.54) is 0 Å². The van der Waals surface area contributed by atoms with Gasteiger partial charge in [-0.3, -0.25) is 5.04 Å². The molecule has 0 heterocycles. The molecule has 0 radical (unpaired) electrons. The molecule has 4 heteroatoms. The van der Waals surface area contributed by atoms with Gasteiger partial charge in [0.15, 0.2) is 0 Å². The third kappa shape index (κ3) is 4.23. The molecule has 38 valence electrons. The van der Waals surface area contributed by atoms with Gasteiger partial charge in [-0.1, -0.05) is 6.92 Å². The van der Waals surface area contributed by atoms with Gasteiger partial charge in [-0.25, -0.2) is 0 Å². The topological polar surface area (TPSA) is 41.5 Å². The van der Waals surface area contributed by atoms with Crippen LogP contribution in [0.4, 0.5) is 0 Å². The first-order chi connectivity index (χ1) is 2.91. The summed E-state index contributed by atoms with van der Waals surface area (Å²) in [5, 5.41) is 11.9. The molecule has 0 atom stereocenters. The Kier molecular flexibility index (Phi) is 5.43. The van der Waals surface area contributed by atoms with Gasteiger partial charge in [0, 0.05) is 17.8 Å². The molecule has 0 saturated carbocycles. The Labute approximate surface area is 40.3 Å². The van der Waals surface area contributed by atoms with Crippen LogP contribution in [0.5, 0.6) is 0 Å². The molecule has 0 aliphatic carbocycles. The lowest BCUT2D eigenvalue weighted by Gasteiger charge is -1.99. The van der Waals surface area contributed by atoms with Crippen LogP contribution >= 0.6 is 12.0 Å². The number of rotatable bonds is 3. The SMILES string of the molecule is CCSOO[O-]. The molecule has 0 spiro atoms. The first-order valence-corrected chi connectivity index (χ1v) is 2.41. The fourth-order valence-corrected chi connectivity index (χ4v) is 0.203. The van der Waals surface area contributed by atoms with E-state index in [-0.39, 0.29) is 0 Å². The van der Waals surface area contributed by atoms with E-state index in [1.54, 1.807) is 0 Å². The van der Waals surface area contributed by atoms with Gasteiger partial charge in [0.05, 0.1) is 0 Å². The van der Waals surface area contributed by atoms with E-state index in [2.05, 4.69) is 9.37 Å². The van der Waals surface area contributed by atoms with Gasteiger partial charge >= 0.3 is 0 Å². The predicted molar refractivity (Wildman–Crippen MR) is 20.3 cm³/mol. The van der Waals surface area contributed by atoms with Crippen molar-refractivity contribution in [3.05, 3.63) is 0 Å².